The van der Waals surface area contributed by atoms with Crippen molar-refractivity contribution in [2.45, 2.75) is 38.7 Å². The van der Waals surface area contributed by atoms with E-state index in [1.165, 1.54) is 19.5 Å². The first kappa shape index (κ1) is 29.2. The van der Waals surface area contributed by atoms with Gasteiger partial charge in [-0.3, -0.25) is 19.8 Å². The maximum Gasteiger partial charge on any atom is 0.258 e. The number of ether oxygens (including phenoxy) is 1. The minimum Gasteiger partial charge on any atom is -0.494 e. The average molecular weight is 622 g/mol. The molecule has 0 radical (unpaired) electrons. The zero-order chi connectivity index (χ0) is 31.0. The Morgan fingerprint density at radius 2 is 1.98 bits per heavy atom. The molecule has 0 atom stereocenters. The van der Waals surface area contributed by atoms with Crippen molar-refractivity contribution in [1.29, 1.82) is 0 Å². The molecule has 5 aromatic rings. The van der Waals surface area contributed by atoms with Crippen molar-refractivity contribution in [1.82, 2.24) is 29.7 Å². The molecule has 14 heteroatoms. The Hall–Kier alpha value is -4.90. The number of carbonyl (C=O) groups excluding carboxylic acids is 1. The van der Waals surface area contributed by atoms with Crippen molar-refractivity contribution >= 4 is 32.9 Å². The van der Waals surface area contributed by atoms with E-state index in [0.29, 0.717) is 50.0 Å². The number of aryl methyl sites for hydroxylation is 1. The van der Waals surface area contributed by atoms with Gasteiger partial charge in [-0.25, -0.2) is 27.5 Å². The number of fused-ring (bicyclic) bond motifs is 1. The van der Waals surface area contributed by atoms with Crippen molar-refractivity contribution in [3.63, 3.8) is 0 Å². The fourth-order valence-corrected chi connectivity index (χ4v) is 5.54. The van der Waals surface area contributed by atoms with Crippen LogP contribution in [0.15, 0.2) is 48.9 Å². The van der Waals surface area contributed by atoms with E-state index < -0.39 is 24.8 Å². The molecule has 1 N–H and O–H groups in total. The molecule has 0 saturated heterocycles. The Balaban J connectivity index is 1.31. The van der Waals surface area contributed by atoms with Crippen LogP contribution in [0.2, 0.25) is 0 Å². The highest BCUT2D eigenvalue weighted by Gasteiger charge is 2.44. The van der Waals surface area contributed by atoms with E-state index in [-0.39, 0.29) is 29.5 Å². The summed E-state index contributed by atoms with van der Waals surface area (Å²) >= 11 is 1.09. The molecule has 1 saturated carbocycles. The molecule has 0 aliphatic heterocycles. The molecule has 1 aromatic carbocycles. The number of hydrogen-bond acceptors (Lipinski definition) is 8. The van der Waals surface area contributed by atoms with E-state index in [9.17, 15) is 22.4 Å². The maximum absolute atomic E-state index is 13.7. The maximum atomic E-state index is 13.7. The lowest BCUT2D eigenvalue weighted by Gasteiger charge is -2.31. The Labute approximate surface area is 252 Å². The monoisotopic (exact) mass is 621 g/mol. The summed E-state index contributed by atoms with van der Waals surface area (Å²) in [7, 11) is 1.49. The molecule has 4 heterocycles. The fraction of sp³-hybridized carbons (Fsp3) is 0.267. The van der Waals surface area contributed by atoms with E-state index >= 15 is 0 Å². The average Bonchev–Trinajstić information content (AvgIpc) is 3.60. The third-order valence-electron chi connectivity index (χ3n) is 6.88. The van der Waals surface area contributed by atoms with Crippen LogP contribution in [0.3, 0.4) is 0 Å². The van der Waals surface area contributed by atoms with Crippen LogP contribution < -0.4 is 10.1 Å². The van der Waals surface area contributed by atoms with Gasteiger partial charge >= 0.3 is 0 Å². The normalized spacial score (nSPS) is 14.2. The van der Waals surface area contributed by atoms with Gasteiger partial charge in [0.1, 0.15) is 18.0 Å². The molecule has 0 bridgehead atoms. The number of alkyl halides is 4. The second-order valence-electron chi connectivity index (χ2n) is 10.2. The zero-order valence-corrected chi connectivity index (χ0v) is 24.1. The van der Waals surface area contributed by atoms with Crippen LogP contribution in [0.5, 0.6) is 5.75 Å². The van der Waals surface area contributed by atoms with Crippen molar-refractivity contribution in [2.24, 2.45) is 5.92 Å². The molecule has 4 aromatic heterocycles. The topological polar surface area (TPSA) is 108 Å². The summed E-state index contributed by atoms with van der Waals surface area (Å²) in [4.78, 5) is 31.4. The molecule has 0 spiro atoms. The summed E-state index contributed by atoms with van der Waals surface area (Å²) in [6, 6.07) is 8.44. The van der Waals surface area contributed by atoms with Gasteiger partial charge in [0.05, 0.1) is 25.2 Å². The summed E-state index contributed by atoms with van der Waals surface area (Å²) < 4.78 is 58.7. The van der Waals surface area contributed by atoms with Gasteiger partial charge in [-0.05, 0) is 42.7 Å². The van der Waals surface area contributed by atoms with Crippen molar-refractivity contribution in [3.8, 4) is 40.0 Å². The first-order valence-electron chi connectivity index (χ1n) is 13.4. The van der Waals surface area contributed by atoms with Gasteiger partial charge < -0.3 is 4.74 Å². The Kier molecular flexibility index (Phi) is 7.73. The van der Waals surface area contributed by atoms with Gasteiger partial charge in [-0.15, -0.1) is 0 Å². The summed E-state index contributed by atoms with van der Waals surface area (Å²) in [5, 5.41) is 7.30. The van der Waals surface area contributed by atoms with Gasteiger partial charge in [-0.2, -0.15) is 10.1 Å². The Morgan fingerprint density at radius 1 is 1.16 bits per heavy atom. The summed E-state index contributed by atoms with van der Waals surface area (Å²) in [6.07, 6.45) is 1.36. The molecule has 1 amide bonds. The first-order valence-corrected chi connectivity index (χ1v) is 14.2. The highest BCUT2D eigenvalue weighted by Crippen LogP contribution is 2.42. The molecule has 1 fully saturated rings. The highest BCUT2D eigenvalue weighted by atomic mass is 32.1. The van der Waals surface area contributed by atoms with Crippen molar-refractivity contribution in [2.75, 3.05) is 12.4 Å². The molecule has 44 heavy (non-hydrogen) atoms. The number of pyridine rings is 1. The number of anilines is 1. The number of nitrogens with one attached hydrogen (secondary N) is 1. The minimum atomic E-state index is -2.65. The largest absolute Gasteiger partial charge is 0.494 e. The lowest BCUT2D eigenvalue weighted by molar-refractivity contribution is -0.0936. The molecular formula is C30H23F4N7O2S. The number of rotatable bonds is 7. The highest BCUT2D eigenvalue weighted by molar-refractivity contribution is 7.21. The lowest BCUT2D eigenvalue weighted by Crippen LogP contribution is -2.34. The molecule has 6 rings (SSSR count). The summed E-state index contributed by atoms with van der Waals surface area (Å²) in [5.41, 5.74) is 3.75. The second-order valence-corrected chi connectivity index (χ2v) is 11.2. The van der Waals surface area contributed by atoms with Crippen molar-refractivity contribution < 1.29 is 27.1 Å². The van der Waals surface area contributed by atoms with Gasteiger partial charge in [0, 0.05) is 47.3 Å². The molecule has 1 aliphatic carbocycles. The standard InChI is InChI=1S/C30H23F4N7O2S/c1-16-9-22(24(43-2)14-35-16)21-10-18(23-7-8-41(40-23)15-25(31)32)4-6-20(21)27(42)39-29-38-26-28(44-29)37-19(13-36-26)5-3-17-11-30(33,34)12-17/h4,6-10,13-14,17,25H,11-12,15H2,1-2H3,(H,36,38,39,42). The Morgan fingerprint density at radius 3 is 2.73 bits per heavy atom. The van der Waals surface area contributed by atoms with Gasteiger partial charge in [-0.1, -0.05) is 23.3 Å². The van der Waals surface area contributed by atoms with E-state index in [1.54, 1.807) is 43.5 Å². The number of benzene rings is 1. The van der Waals surface area contributed by atoms with Crippen molar-refractivity contribution in [3.05, 3.63) is 65.9 Å². The zero-order valence-electron chi connectivity index (χ0n) is 23.3. The lowest BCUT2D eigenvalue weighted by atomic mass is 9.82. The predicted molar refractivity (Wildman–Crippen MR) is 156 cm³/mol. The third kappa shape index (κ3) is 6.23. The molecule has 1 aliphatic rings. The SMILES string of the molecule is COc1cnc(C)cc1-c1cc(-c2ccn(CC(F)F)n2)ccc1C(=O)Nc1nc2ncc(C#CC3CC(F)(F)C3)nc2s1. The predicted octanol–water partition coefficient (Wildman–Crippen LogP) is 6.24. The fourth-order valence-electron chi connectivity index (χ4n) is 4.74. The number of hydrogen-bond donors (Lipinski definition) is 1. The number of nitrogens with zero attached hydrogens (tertiary/aromatic N) is 6. The second kappa shape index (κ2) is 11.6. The first-order chi connectivity index (χ1) is 21.1. The van der Waals surface area contributed by atoms with Gasteiger partial charge in [0.25, 0.3) is 18.3 Å². The number of methoxy groups -OCH3 is 1. The number of thiazole rings is 1. The van der Waals surface area contributed by atoms with Crippen LogP contribution in [0.25, 0.3) is 32.9 Å². The number of halogens is 4. The van der Waals surface area contributed by atoms with Crippen LogP contribution in [-0.4, -0.2) is 55.1 Å². The van der Waals surface area contributed by atoms with Crippen LogP contribution in [-0.2, 0) is 6.54 Å². The van der Waals surface area contributed by atoms with E-state index in [2.05, 4.69) is 42.2 Å². The quantitative estimate of drug-likeness (QED) is 0.169. The van der Waals surface area contributed by atoms with E-state index in [4.69, 9.17) is 4.74 Å². The van der Waals surface area contributed by atoms with E-state index in [0.717, 1.165) is 16.0 Å². The molecule has 9 nitrogen and oxygen atoms in total. The van der Waals surface area contributed by atoms with Crippen LogP contribution in [0.4, 0.5) is 22.7 Å². The summed E-state index contributed by atoms with van der Waals surface area (Å²) in [5.74, 6) is 2.52. The molecule has 224 valence electrons. The van der Waals surface area contributed by atoms with Gasteiger partial charge in [0.2, 0.25) is 0 Å². The smallest absolute Gasteiger partial charge is 0.258 e. The van der Waals surface area contributed by atoms with Crippen LogP contribution in [0.1, 0.15) is 34.6 Å². The third-order valence-corrected chi connectivity index (χ3v) is 7.73. The van der Waals surface area contributed by atoms with E-state index in [1.807, 2.05) is 0 Å². The number of carbonyl (C=O) groups is 1. The number of aromatic nitrogens is 6. The van der Waals surface area contributed by atoms with Gasteiger partial charge in [0.15, 0.2) is 15.6 Å². The molecule has 0 unspecified atom stereocenters. The molecular weight excluding hydrogens is 598 g/mol. The van der Waals surface area contributed by atoms with Crippen LogP contribution in [0, 0.1) is 24.7 Å². The Bertz CT molecular complexity index is 1940. The van der Waals surface area contributed by atoms with Crippen LogP contribution >= 0.6 is 11.3 Å². The summed E-state index contributed by atoms with van der Waals surface area (Å²) in [6.45, 7) is 1.27. The minimum absolute atomic E-state index is 0.243. The number of amides is 1.